The van der Waals surface area contributed by atoms with E-state index in [4.69, 9.17) is 9.47 Å². The van der Waals surface area contributed by atoms with Crippen LogP contribution in [-0.2, 0) is 19.7 Å². The third-order valence-electron chi connectivity index (χ3n) is 5.31. The van der Waals surface area contributed by atoms with Crippen LogP contribution in [0.3, 0.4) is 0 Å². The molecule has 0 spiro atoms. The van der Waals surface area contributed by atoms with Gasteiger partial charge in [0.1, 0.15) is 0 Å². The van der Waals surface area contributed by atoms with Gasteiger partial charge in [0.15, 0.2) is 0 Å². The molecule has 8 heteroatoms. The van der Waals surface area contributed by atoms with Gasteiger partial charge in [0.2, 0.25) is 0 Å². The molecular formula is C17H35N3O4S. The highest BCUT2D eigenvalue weighted by atomic mass is 32.2. The largest absolute Gasteiger partial charge is 0.379 e. The van der Waals surface area contributed by atoms with E-state index in [1.807, 2.05) is 13.8 Å². The molecule has 0 saturated carbocycles. The number of morpholine rings is 2. The van der Waals surface area contributed by atoms with Crippen LogP contribution >= 0.6 is 0 Å². The van der Waals surface area contributed by atoms with Gasteiger partial charge >= 0.3 is 0 Å². The molecule has 0 bridgehead atoms. The number of hydrogen-bond acceptors (Lipinski definition) is 5. The Morgan fingerprint density at radius 2 is 1.64 bits per heavy atom. The highest BCUT2D eigenvalue weighted by molar-refractivity contribution is 7.87. The van der Waals surface area contributed by atoms with E-state index in [1.54, 1.807) is 0 Å². The lowest BCUT2D eigenvalue weighted by Gasteiger charge is -2.39. The minimum absolute atomic E-state index is 0.0746. The maximum atomic E-state index is 12.8. The van der Waals surface area contributed by atoms with Crippen molar-refractivity contribution in [2.75, 3.05) is 45.9 Å². The highest BCUT2D eigenvalue weighted by Crippen LogP contribution is 2.20. The Balaban J connectivity index is 2.02. The summed E-state index contributed by atoms with van der Waals surface area (Å²) in [6, 6.07) is 0.213. The second-order valence-corrected chi connectivity index (χ2v) is 8.98. The summed E-state index contributed by atoms with van der Waals surface area (Å²) in [5.74, 6) is 0.475. The molecule has 0 aromatic carbocycles. The van der Waals surface area contributed by atoms with Gasteiger partial charge in [0.05, 0.1) is 25.4 Å². The van der Waals surface area contributed by atoms with E-state index >= 15 is 0 Å². The molecule has 0 unspecified atom stereocenters. The Bertz CT molecular complexity index is 482. The van der Waals surface area contributed by atoms with Crippen LogP contribution in [0.2, 0.25) is 0 Å². The van der Waals surface area contributed by atoms with Crippen molar-refractivity contribution in [3.63, 3.8) is 0 Å². The van der Waals surface area contributed by atoms with Crippen molar-refractivity contribution in [3.8, 4) is 0 Å². The third kappa shape index (κ3) is 5.87. The SMILES string of the molecule is CCC(CC)[C@H](CNS(=O)(=O)N1C[C@H](C)O[C@@H](C)C1)N1CCOCC1. The molecule has 0 radical (unpaired) electrons. The minimum Gasteiger partial charge on any atom is -0.379 e. The first-order chi connectivity index (χ1) is 11.9. The minimum atomic E-state index is -3.49. The summed E-state index contributed by atoms with van der Waals surface area (Å²) in [6.45, 7) is 12.7. The van der Waals surface area contributed by atoms with Crippen molar-refractivity contribution < 1.29 is 17.9 Å². The molecule has 2 fully saturated rings. The molecule has 2 aliphatic heterocycles. The van der Waals surface area contributed by atoms with Gasteiger partial charge in [-0.25, -0.2) is 4.72 Å². The summed E-state index contributed by atoms with van der Waals surface area (Å²) in [4.78, 5) is 2.38. The molecule has 3 atom stereocenters. The molecule has 2 aliphatic rings. The topological polar surface area (TPSA) is 71.1 Å². The van der Waals surface area contributed by atoms with Crippen LogP contribution in [0.5, 0.6) is 0 Å². The van der Waals surface area contributed by atoms with Gasteiger partial charge in [-0.2, -0.15) is 12.7 Å². The Morgan fingerprint density at radius 1 is 1.08 bits per heavy atom. The average molecular weight is 378 g/mol. The fourth-order valence-corrected chi connectivity index (χ4v) is 5.32. The Morgan fingerprint density at radius 3 is 2.16 bits per heavy atom. The van der Waals surface area contributed by atoms with Crippen molar-refractivity contribution in [2.24, 2.45) is 5.92 Å². The zero-order valence-corrected chi connectivity index (χ0v) is 16.9. The number of ether oxygens (including phenoxy) is 2. The quantitative estimate of drug-likeness (QED) is 0.685. The van der Waals surface area contributed by atoms with Gasteiger partial charge in [0.25, 0.3) is 10.2 Å². The Labute approximate surface area is 153 Å². The molecule has 0 aliphatic carbocycles. The molecule has 1 N–H and O–H groups in total. The highest BCUT2D eigenvalue weighted by Gasteiger charge is 2.33. The molecule has 7 nitrogen and oxygen atoms in total. The molecule has 148 valence electrons. The van der Waals surface area contributed by atoms with E-state index in [-0.39, 0.29) is 18.2 Å². The summed E-state index contributed by atoms with van der Waals surface area (Å²) in [5, 5.41) is 0. The maximum absolute atomic E-state index is 12.8. The molecule has 2 saturated heterocycles. The lowest BCUT2D eigenvalue weighted by molar-refractivity contribution is -0.0445. The van der Waals surface area contributed by atoms with Crippen molar-refractivity contribution in [2.45, 2.75) is 58.8 Å². The van der Waals surface area contributed by atoms with Crippen molar-refractivity contribution in [1.82, 2.24) is 13.9 Å². The summed E-state index contributed by atoms with van der Waals surface area (Å²) in [5.41, 5.74) is 0. The zero-order chi connectivity index (χ0) is 18.4. The summed E-state index contributed by atoms with van der Waals surface area (Å²) in [6.07, 6.45) is 1.95. The maximum Gasteiger partial charge on any atom is 0.279 e. The van der Waals surface area contributed by atoms with Gasteiger partial charge in [-0.15, -0.1) is 0 Å². The fourth-order valence-electron chi connectivity index (χ4n) is 3.94. The van der Waals surface area contributed by atoms with Gasteiger partial charge in [-0.1, -0.05) is 26.7 Å². The van der Waals surface area contributed by atoms with Gasteiger partial charge in [0, 0.05) is 38.8 Å². The van der Waals surface area contributed by atoms with E-state index in [9.17, 15) is 8.42 Å². The smallest absolute Gasteiger partial charge is 0.279 e. The lowest BCUT2D eigenvalue weighted by Crippen LogP contribution is -2.56. The number of nitrogens with zero attached hydrogens (tertiary/aromatic N) is 2. The fraction of sp³-hybridized carbons (Fsp3) is 1.00. The van der Waals surface area contributed by atoms with E-state index < -0.39 is 10.2 Å². The van der Waals surface area contributed by atoms with Gasteiger partial charge in [-0.3, -0.25) is 4.90 Å². The number of hydrogen-bond donors (Lipinski definition) is 1. The average Bonchev–Trinajstić information content (AvgIpc) is 2.58. The van der Waals surface area contributed by atoms with Crippen LogP contribution in [0.1, 0.15) is 40.5 Å². The summed E-state index contributed by atoms with van der Waals surface area (Å²) < 4.78 is 41.1. The molecule has 0 aromatic heterocycles. The predicted octanol–water partition coefficient (Wildman–Crippen LogP) is 1.07. The summed E-state index contributed by atoms with van der Waals surface area (Å²) in [7, 11) is -3.49. The monoisotopic (exact) mass is 377 g/mol. The van der Waals surface area contributed by atoms with Crippen LogP contribution in [0, 0.1) is 5.92 Å². The first kappa shape index (κ1) is 21.1. The lowest BCUT2D eigenvalue weighted by atomic mass is 9.92. The van der Waals surface area contributed by atoms with E-state index in [0.717, 1.165) is 39.1 Å². The summed E-state index contributed by atoms with van der Waals surface area (Å²) >= 11 is 0. The molecule has 2 rings (SSSR count). The van der Waals surface area contributed by atoms with Crippen LogP contribution in [-0.4, -0.2) is 81.8 Å². The molecule has 0 aromatic rings. The Kier molecular flexibility index (Phi) is 8.10. The van der Waals surface area contributed by atoms with Crippen molar-refractivity contribution >= 4 is 10.2 Å². The van der Waals surface area contributed by atoms with Crippen LogP contribution in [0.4, 0.5) is 0 Å². The predicted molar refractivity (Wildman–Crippen MR) is 98.8 cm³/mol. The number of rotatable bonds is 8. The van der Waals surface area contributed by atoms with Crippen LogP contribution in [0.15, 0.2) is 0 Å². The van der Waals surface area contributed by atoms with E-state index in [0.29, 0.717) is 25.6 Å². The first-order valence-corrected chi connectivity index (χ1v) is 11.0. The Hall–Kier alpha value is -0.250. The standard InChI is InChI=1S/C17H35N3O4S/c1-5-16(6-2)17(19-7-9-23-10-8-19)11-18-25(21,22)20-12-14(3)24-15(4)13-20/h14-18H,5-13H2,1-4H3/t14-,15-,17-/m0/s1. The first-order valence-electron chi connectivity index (χ1n) is 9.59. The van der Waals surface area contributed by atoms with Crippen molar-refractivity contribution in [3.05, 3.63) is 0 Å². The van der Waals surface area contributed by atoms with Crippen LogP contribution in [0.25, 0.3) is 0 Å². The van der Waals surface area contributed by atoms with Crippen molar-refractivity contribution in [1.29, 1.82) is 0 Å². The normalized spacial score (nSPS) is 28.4. The second kappa shape index (κ2) is 9.62. The molecule has 25 heavy (non-hydrogen) atoms. The van der Waals surface area contributed by atoms with Gasteiger partial charge < -0.3 is 9.47 Å². The zero-order valence-electron chi connectivity index (χ0n) is 16.1. The van der Waals surface area contributed by atoms with Gasteiger partial charge in [-0.05, 0) is 19.8 Å². The third-order valence-corrected chi connectivity index (χ3v) is 6.82. The van der Waals surface area contributed by atoms with E-state index in [2.05, 4.69) is 23.5 Å². The number of nitrogens with one attached hydrogen (secondary N) is 1. The van der Waals surface area contributed by atoms with E-state index in [1.165, 1.54) is 4.31 Å². The molecule has 2 heterocycles. The second-order valence-electron chi connectivity index (χ2n) is 7.22. The molecular weight excluding hydrogens is 342 g/mol. The van der Waals surface area contributed by atoms with Crippen LogP contribution < -0.4 is 4.72 Å². The molecule has 0 amide bonds.